The van der Waals surface area contributed by atoms with Gasteiger partial charge in [0, 0.05) is 7.05 Å². The third-order valence-corrected chi connectivity index (χ3v) is 5.11. The summed E-state index contributed by atoms with van der Waals surface area (Å²) < 4.78 is 27.7. The summed E-state index contributed by atoms with van der Waals surface area (Å²) in [6.45, 7) is 1.89. The number of carbonyl (C=O) groups excluding carboxylic acids is 1. The zero-order valence-electron chi connectivity index (χ0n) is 14.5. The average Bonchev–Trinajstić information content (AvgIpc) is 2.60. The number of methoxy groups -OCH3 is 1. The van der Waals surface area contributed by atoms with E-state index < -0.39 is 10.0 Å². The van der Waals surface area contributed by atoms with Crippen LogP contribution in [0.15, 0.2) is 53.4 Å². The Labute approximate surface area is 148 Å². The molecule has 2 N–H and O–H groups in total. The van der Waals surface area contributed by atoms with Gasteiger partial charge in [0.15, 0.2) is 0 Å². The third kappa shape index (κ3) is 4.80. The van der Waals surface area contributed by atoms with E-state index >= 15 is 0 Å². The van der Waals surface area contributed by atoms with Crippen LogP contribution in [0.3, 0.4) is 0 Å². The highest BCUT2D eigenvalue weighted by molar-refractivity contribution is 7.89. The van der Waals surface area contributed by atoms with Gasteiger partial charge in [-0.2, -0.15) is 0 Å². The largest absolute Gasteiger partial charge is 0.497 e. The van der Waals surface area contributed by atoms with Crippen LogP contribution in [0.25, 0.3) is 0 Å². The fourth-order valence-electron chi connectivity index (χ4n) is 2.42. The Morgan fingerprint density at radius 1 is 1.12 bits per heavy atom. The van der Waals surface area contributed by atoms with E-state index in [0.29, 0.717) is 0 Å². The molecule has 0 aromatic heterocycles. The minimum atomic E-state index is -3.72. The van der Waals surface area contributed by atoms with Crippen molar-refractivity contribution < 1.29 is 17.9 Å². The van der Waals surface area contributed by atoms with E-state index in [4.69, 9.17) is 9.88 Å². The zero-order valence-corrected chi connectivity index (χ0v) is 15.3. The quantitative estimate of drug-likeness (QED) is 0.852. The number of nitrogens with two attached hydrogens (primary N) is 1. The highest BCUT2D eigenvalue weighted by Gasteiger charge is 2.18. The van der Waals surface area contributed by atoms with Crippen molar-refractivity contribution >= 4 is 15.9 Å². The maximum atomic E-state index is 12.5. The van der Waals surface area contributed by atoms with Crippen LogP contribution in [0.1, 0.15) is 24.1 Å². The molecular formula is C18H22N2O4S. The van der Waals surface area contributed by atoms with Gasteiger partial charge in [-0.25, -0.2) is 13.6 Å². The SMILES string of the molecule is COc1ccc(CC(=O)N(C)C(C)c2ccc(S(N)(=O)=O)cc2)cc1. The molecule has 0 fully saturated rings. The molecule has 134 valence electrons. The molecule has 0 aliphatic rings. The summed E-state index contributed by atoms with van der Waals surface area (Å²) in [4.78, 5) is 14.2. The summed E-state index contributed by atoms with van der Waals surface area (Å²) in [5.74, 6) is 0.709. The second-order valence-corrected chi connectivity index (χ2v) is 7.38. The zero-order chi connectivity index (χ0) is 18.6. The first-order chi connectivity index (χ1) is 11.7. The van der Waals surface area contributed by atoms with Crippen molar-refractivity contribution in [2.75, 3.05) is 14.2 Å². The summed E-state index contributed by atoms with van der Waals surface area (Å²) in [6, 6.07) is 13.4. The molecule has 0 bridgehead atoms. The van der Waals surface area contributed by atoms with Crippen LogP contribution in [0.5, 0.6) is 5.75 Å². The van der Waals surface area contributed by atoms with Gasteiger partial charge in [0.1, 0.15) is 5.75 Å². The molecule has 0 spiro atoms. The van der Waals surface area contributed by atoms with Crippen LogP contribution in [0, 0.1) is 0 Å². The number of primary sulfonamides is 1. The summed E-state index contributed by atoms with van der Waals surface area (Å²) >= 11 is 0. The van der Waals surface area contributed by atoms with E-state index in [9.17, 15) is 13.2 Å². The van der Waals surface area contributed by atoms with Crippen molar-refractivity contribution in [1.82, 2.24) is 4.90 Å². The molecule has 25 heavy (non-hydrogen) atoms. The van der Waals surface area contributed by atoms with Gasteiger partial charge in [-0.15, -0.1) is 0 Å². The Morgan fingerprint density at radius 2 is 1.68 bits per heavy atom. The molecule has 2 rings (SSSR count). The predicted octanol–water partition coefficient (Wildman–Crippen LogP) is 2.10. The number of hydrogen-bond acceptors (Lipinski definition) is 4. The summed E-state index contributed by atoms with van der Waals surface area (Å²) in [7, 11) is -0.399. The second-order valence-electron chi connectivity index (χ2n) is 5.82. The first-order valence-electron chi connectivity index (χ1n) is 7.73. The van der Waals surface area contributed by atoms with Crippen LogP contribution in [0.2, 0.25) is 0 Å². The fraction of sp³-hybridized carbons (Fsp3) is 0.278. The lowest BCUT2D eigenvalue weighted by molar-refractivity contribution is -0.131. The number of sulfonamides is 1. The fourth-order valence-corrected chi connectivity index (χ4v) is 2.93. The molecule has 7 heteroatoms. The van der Waals surface area contributed by atoms with Crippen molar-refractivity contribution in [3.63, 3.8) is 0 Å². The van der Waals surface area contributed by atoms with E-state index in [0.717, 1.165) is 16.9 Å². The molecule has 0 aliphatic heterocycles. The van der Waals surface area contributed by atoms with Crippen LogP contribution >= 0.6 is 0 Å². The van der Waals surface area contributed by atoms with Crippen molar-refractivity contribution in [2.45, 2.75) is 24.3 Å². The minimum Gasteiger partial charge on any atom is -0.497 e. The highest BCUT2D eigenvalue weighted by atomic mass is 32.2. The number of benzene rings is 2. The van der Waals surface area contributed by atoms with Gasteiger partial charge in [0.25, 0.3) is 0 Å². The first kappa shape index (κ1) is 19.0. The van der Waals surface area contributed by atoms with E-state index in [1.54, 1.807) is 31.2 Å². The molecule has 1 atom stereocenters. The Morgan fingerprint density at radius 3 is 2.16 bits per heavy atom. The van der Waals surface area contributed by atoms with Crippen molar-refractivity contribution in [3.05, 3.63) is 59.7 Å². The monoisotopic (exact) mass is 362 g/mol. The van der Waals surface area contributed by atoms with Crippen LogP contribution in [-0.2, 0) is 21.2 Å². The minimum absolute atomic E-state index is 0.0341. The third-order valence-electron chi connectivity index (χ3n) is 4.18. The standard InChI is InChI=1S/C18H22N2O4S/c1-13(15-6-10-17(11-7-15)25(19,22)23)20(2)18(21)12-14-4-8-16(24-3)9-5-14/h4-11,13H,12H2,1-3H3,(H2,19,22,23). The average molecular weight is 362 g/mol. The molecule has 0 radical (unpaired) electrons. The Kier molecular flexibility index (Phi) is 5.81. The highest BCUT2D eigenvalue weighted by Crippen LogP contribution is 2.21. The lowest BCUT2D eigenvalue weighted by Gasteiger charge is -2.25. The molecule has 0 aliphatic carbocycles. The number of hydrogen-bond donors (Lipinski definition) is 1. The Bertz CT molecular complexity index is 830. The molecule has 0 saturated carbocycles. The van der Waals surface area contributed by atoms with Gasteiger partial charge in [-0.05, 0) is 42.3 Å². The smallest absolute Gasteiger partial charge is 0.238 e. The lowest BCUT2D eigenvalue weighted by Crippen LogP contribution is -2.31. The summed E-state index contributed by atoms with van der Waals surface area (Å²) in [5, 5.41) is 5.10. The topological polar surface area (TPSA) is 89.7 Å². The lowest BCUT2D eigenvalue weighted by atomic mass is 10.1. The number of nitrogens with zero attached hydrogens (tertiary/aromatic N) is 1. The van der Waals surface area contributed by atoms with Gasteiger partial charge < -0.3 is 9.64 Å². The van der Waals surface area contributed by atoms with Crippen molar-refractivity contribution in [3.8, 4) is 5.75 Å². The van der Waals surface area contributed by atoms with Gasteiger partial charge in [-0.1, -0.05) is 24.3 Å². The number of ether oxygens (including phenoxy) is 1. The van der Waals surface area contributed by atoms with E-state index in [2.05, 4.69) is 0 Å². The molecular weight excluding hydrogens is 340 g/mol. The Hall–Kier alpha value is -2.38. The second kappa shape index (κ2) is 7.67. The van der Waals surface area contributed by atoms with E-state index in [-0.39, 0.29) is 23.3 Å². The molecule has 0 heterocycles. The van der Waals surface area contributed by atoms with Crippen LogP contribution in [0.4, 0.5) is 0 Å². The van der Waals surface area contributed by atoms with Gasteiger partial charge in [-0.3, -0.25) is 4.79 Å². The maximum Gasteiger partial charge on any atom is 0.238 e. The number of carbonyl (C=O) groups is 1. The number of likely N-dealkylation sites (N-methyl/N-ethyl adjacent to an activating group) is 1. The van der Waals surface area contributed by atoms with Gasteiger partial charge in [0.05, 0.1) is 24.5 Å². The normalized spacial score (nSPS) is 12.5. The molecule has 1 unspecified atom stereocenters. The van der Waals surface area contributed by atoms with Crippen molar-refractivity contribution in [1.29, 1.82) is 0 Å². The molecule has 2 aromatic rings. The molecule has 6 nitrogen and oxygen atoms in total. The maximum absolute atomic E-state index is 12.5. The van der Waals surface area contributed by atoms with Gasteiger partial charge >= 0.3 is 0 Å². The van der Waals surface area contributed by atoms with Crippen LogP contribution in [-0.4, -0.2) is 33.4 Å². The van der Waals surface area contributed by atoms with E-state index in [1.807, 2.05) is 31.2 Å². The summed E-state index contributed by atoms with van der Waals surface area (Å²) in [6.07, 6.45) is 0.278. The van der Waals surface area contributed by atoms with Crippen molar-refractivity contribution in [2.24, 2.45) is 5.14 Å². The molecule has 2 aromatic carbocycles. The van der Waals surface area contributed by atoms with Crippen LogP contribution < -0.4 is 9.88 Å². The predicted molar refractivity (Wildman–Crippen MR) is 95.7 cm³/mol. The number of rotatable bonds is 6. The van der Waals surface area contributed by atoms with E-state index in [1.165, 1.54) is 12.1 Å². The van der Waals surface area contributed by atoms with Gasteiger partial charge in [0.2, 0.25) is 15.9 Å². The molecule has 0 saturated heterocycles. The Balaban J connectivity index is 2.07. The summed E-state index contributed by atoms with van der Waals surface area (Å²) in [5.41, 5.74) is 1.73. The number of amides is 1. The first-order valence-corrected chi connectivity index (χ1v) is 9.28. The molecule has 1 amide bonds.